The van der Waals surface area contributed by atoms with Crippen LogP contribution >= 0.6 is 0 Å². The van der Waals surface area contributed by atoms with E-state index in [4.69, 9.17) is 24.3 Å². The van der Waals surface area contributed by atoms with Gasteiger partial charge in [-0.15, -0.1) is 0 Å². The minimum absolute atomic E-state index is 0.0112. The largest absolute Gasteiger partial charge is 0.494 e. The summed E-state index contributed by atoms with van der Waals surface area (Å²) in [5.41, 5.74) is 11.3. The number of nitrogens with zero attached hydrogens (tertiary/aromatic N) is 5. The number of nitrogens with one attached hydrogen (secondary N) is 1. The molecule has 1 amide bonds. The Balaban J connectivity index is 1.76. The van der Waals surface area contributed by atoms with Crippen LogP contribution in [0, 0.1) is 0 Å². The third-order valence-electron chi connectivity index (χ3n) is 6.90. The molecule has 2 N–H and O–H groups in total. The van der Waals surface area contributed by atoms with Crippen molar-refractivity contribution < 1.29 is 28.9 Å². The molecule has 12 nitrogen and oxygen atoms in total. The van der Waals surface area contributed by atoms with E-state index in [9.17, 15) is 15.1 Å². The number of hydrazine groups is 1. The van der Waals surface area contributed by atoms with Crippen LogP contribution in [-0.4, -0.2) is 65.3 Å². The van der Waals surface area contributed by atoms with E-state index in [2.05, 4.69) is 15.5 Å². The molecule has 42 heavy (non-hydrogen) atoms. The number of ether oxygens (including phenoxy) is 3. The molecule has 2 aromatic carbocycles. The number of rotatable bonds is 12. The van der Waals surface area contributed by atoms with Gasteiger partial charge in [-0.3, -0.25) is 15.0 Å². The Morgan fingerprint density at radius 3 is 2.57 bits per heavy atom. The summed E-state index contributed by atoms with van der Waals surface area (Å²) in [6.07, 6.45) is 1.30. The third kappa shape index (κ3) is 7.58. The number of amides is 1. The second-order valence-electron chi connectivity index (χ2n) is 11.3. The smallest absolute Gasteiger partial charge is 0.306 e. The summed E-state index contributed by atoms with van der Waals surface area (Å²) in [6, 6.07) is 13.9. The highest BCUT2D eigenvalue weighted by Crippen LogP contribution is 2.46. The van der Waals surface area contributed by atoms with E-state index in [1.807, 2.05) is 5.01 Å². The Bertz CT molecular complexity index is 1330. The van der Waals surface area contributed by atoms with Gasteiger partial charge in [-0.05, 0) is 69.8 Å². The number of aliphatic hydroxyl groups is 1. The van der Waals surface area contributed by atoms with E-state index in [0.717, 1.165) is 12.8 Å². The summed E-state index contributed by atoms with van der Waals surface area (Å²) in [5, 5.41) is 14.7. The fourth-order valence-electron chi connectivity index (χ4n) is 4.95. The van der Waals surface area contributed by atoms with Crippen molar-refractivity contribution in [3.05, 3.63) is 70.1 Å². The minimum atomic E-state index is -1.58. The molecule has 0 radical (unpaired) electrons. The van der Waals surface area contributed by atoms with Crippen molar-refractivity contribution >= 4 is 23.5 Å². The van der Waals surface area contributed by atoms with Crippen molar-refractivity contribution in [2.45, 2.75) is 70.1 Å². The van der Waals surface area contributed by atoms with Crippen LogP contribution in [0.5, 0.6) is 5.75 Å². The molecular weight excluding hydrogens is 540 g/mol. The maximum Gasteiger partial charge on any atom is 0.306 e. The second kappa shape index (κ2) is 13.7. The summed E-state index contributed by atoms with van der Waals surface area (Å²) in [5.74, 6) is -0.0731. The highest BCUT2D eigenvalue weighted by molar-refractivity contribution is 6.01. The van der Waals surface area contributed by atoms with Gasteiger partial charge in [0, 0.05) is 54.3 Å². The van der Waals surface area contributed by atoms with Gasteiger partial charge in [0.05, 0.1) is 6.61 Å². The van der Waals surface area contributed by atoms with Crippen molar-refractivity contribution in [1.82, 2.24) is 10.4 Å². The number of aliphatic imine (C=N–C) groups is 1. The van der Waals surface area contributed by atoms with Crippen molar-refractivity contribution in [2.24, 2.45) is 10.1 Å². The first kappa shape index (κ1) is 30.8. The molecule has 0 aliphatic carbocycles. The van der Waals surface area contributed by atoms with Crippen LogP contribution in [0.25, 0.3) is 10.4 Å². The molecule has 2 aliphatic heterocycles. The van der Waals surface area contributed by atoms with Crippen LogP contribution in [0.4, 0.5) is 5.69 Å². The topological polar surface area (TPSA) is 158 Å². The molecule has 12 heteroatoms. The number of carbonyl (C=O) groups is 2. The van der Waals surface area contributed by atoms with Crippen LogP contribution in [0.15, 0.2) is 58.6 Å². The SMILES string of the molecule is CC(C)(C)OC(=O)CC[C@]1(C(=O)NN2CCCC2)N=C(c2ccc(OCCCO)cc2)O[C@H]1c1ccccc1N=[N+]=[N-]. The summed E-state index contributed by atoms with van der Waals surface area (Å²) < 4.78 is 17.7. The summed E-state index contributed by atoms with van der Waals surface area (Å²) in [6.45, 7) is 7.15. The molecule has 0 unspecified atom stereocenters. The normalized spacial score (nSPS) is 20.3. The van der Waals surface area contributed by atoms with Gasteiger partial charge in [0.2, 0.25) is 5.90 Å². The number of carbonyl (C=O) groups excluding carboxylic acids is 2. The highest BCUT2D eigenvalue weighted by atomic mass is 16.6. The van der Waals surface area contributed by atoms with Crippen LogP contribution in [-0.2, 0) is 19.1 Å². The van der Waals surface area contributed by atoms with Gasteiger partial charge in [0.25, 0.3) is 5.91 Å². The number of benzene rings is 2. The second-order valence-corrected chi connectivity index (χ2v) is 11.3. The summed E-state index contributed by atoms with van der Waals surface area (Å²) in [4.78, 5) is 35.0. The lowest BCUT2D eigenvalue weighted by Gasteiger charge is -2.33. The predicted octanol–water partition coefficient (Wildman–Crippen LogP) is 4.90. The molecule has 1 saturated heterocycles. The zero-order valence-corrected chi connectivity index (χ0v) is 24.3. The van der Waals surface area contributed by atoms with Gasteiger partial charge in [-0.1, -0.05) is 29.4 Å². The van der Waals surface area contributed by atoms with E-state index in [1.54, 1.807) is 69.3 Å². The molecule has 2 atom stereocenters. The van der Waals surface area contributed by atoms with Crippen LogP contribution in [0.3, 0.4) is 0 Å². The quantitative estimate of drug-likeness (QED) is 0.119. The predicted molar refractivity (Wildman–Crippen MR) is 156 cm³/mol. The lowest BCUT2D eigenvalue weighted by Crippen LogP contribution is -2.53. The zero-order chi connectivity index (χ0) is 30.2. The zero-order valence-electron chi connectivity index (χ0n) is 24.3. The van der Waals surface area contributed by atoms with Crippen molar-refractivity contribution in [2.75, 3.05) is 26.3 Å². The Morgan fingerprint density at radius 1 is 1.19 bits per heavy atom. The van der Waals surface area contributed by atoms with E-state index in [1.165, 1.54) is 0 Å². The monoisotopic (exact) mass is 578 g/mol. The van der Waals surface area contributed by atoms with E-state index in [-0.39, 0.29) is 25.3 Å². The van der Waals surface area contributed by atoms with Gasteiger partial charge >= 0.3 is 5.97 Å². The van der Waals surface area contributed by atoms with Crippen LogP contribution < -0.4 is 10.2 Å². The first-order valence-electron chi connectivity index (χ1n) is 14.2. The first-order valence-corrected chi connectivity index (χ1v) is 14.2. The summed E-state index contributed by atoms with van der Waals surface area (Å²) in [7, 11) is 0. The lowest BCUT2D eigenvalue weighted by molar-refractivity contribution is -0.155. The fraction of sp³-hybridized carbons (Fsp3) is 0.500. The average Bonchev–Trinajstić information content (AvgIpc) is 3.61. The number of azide groups is 1. The molecule has 0 spiro atoms. The van der Waals surface area contributed by atoms with E-state index in [0.29, 0.717) is 48.7 Å². The third-order valence-corrected chi connectivity index (χ3v) is 6.90. The Kier molecular flexibility index (Phi) is 10.1. The fourth-order valence-corrected chi connectivity index (χ4v) is 4.95. The van der Waals surface area contributed by atoms with Crippen molar-refractivity contribution in [1.29, 1.82) is 0 Å². The molecule has 0 saturated carbocycles. The van der Waals surface area contributed by atoms with Crippen LogP contribution in [0.2, 0.25) is 0 Å². The molecule has 0 bridgehead atoms. The molecule has 0 aromatic heterocycles. The number of hydrogen-bond acceptors (Lipinski definition) is 9. The molecular formula is C30H38N6O6. The standard InChI is InChI=1S/C30H38N6O6/c1-29(2,3)42-25(38)15-16-30(28(39)34-36-17-6-7-18-36)26(23-9-4-5-10-24(23)33-35-31)41-27(32-30)21-11-13-22(14-12-21)40-20-8-19-37/h4-5,9-14,26,37H,6-8,15-20H2,1-3H3,(H,34,39)/t26-,30-/m0/s1. The highest BCUT2D eigenvalue weighted by Gasteiger charge is 2.54. The minimum Gasteiger partial charge on any atom is -0.494 e. The Morgan fingerprint density at radius 2 is 1.90 bits per heavy atom. The molecule has 2 aromatic rings. The number of esters is 1. The maximum atomic E-state index is 14.2. The first-order chi connectivity index (χ1) is 20.1. The molecule has 224 valence electrons. The van der Waals surface area contributed by atoms with Gasteiger partial charge in [0.15, 0.2) is 11.6 Å². The number of hydrogen-bond donors (Lipinski definition) is 2. The van der Waals surface area contributed by atoms with E-state index >= 15 is 0 Å². The molecule has 4 rings (SSSR count). The van der Waals surface area contributed by atoms with Gasteiger partial charge in [-0.25, -0.2) is 10.0 Å². The average molecular weight is 579 g/mol. The molecule has 1 fully saturated rings. The summed E-state index contributed by atoms with van der Waals surface area (Å²) >= 11 is 0. The Labute approximate surface area is 245 Å². The van der Waals surface area contributed by atoms with Gasteiger partial charge in [-0.2, -0.15) is 0 Å². The van der Waals surface area contributed by atoms with Gasteiger partial charge < -0.3 is 19.3 Å². The van der Waals surface area contributed by atoms with Crippen molar-refractivity contribution in [3.63, 3.8) is 0 Å². The van der Waals surface area contributed by atoms with Crippen molar-refractivity contribution in [3.8, 4) is 5.75 Å². The van der Waals surface area contributed by atoms with Crippen LogP contribution in [0.1, 0.15) is 70.1 Å². The Hall–Kier alpha value is -4.12. The van der Waals surface area contributed by atoms with E-state index < -0.39 is 29.1 Å². The van der Waals surface area contributed by atoms with Gasteiger partial charge in [0.1, 0.15) is 11.4 Å². The molecule has 2 aliphatic rings. The lowest BCUT2D eigenvalue weighted by atomic mass is 9.83. The number of aliphatic hydroxyl groups excluding tert-OH is 1. The maximum absolute atomic E-state index is 14.2. The molecule has 2 heterocycles.